The van der Waals surface area contributed by atoms with Crippen LogP contribution in [-0.4, -0.2) is 7.12 Å². The van der Waals surface area contributed by atoms with Gasteiger partial charge in [-0.2, -0.15) is 8.78 Å². The van der Waals surface area contributed by atoms with E-state index in [9.17, 15) is 35.1 Å². The van der Waals surface area contributed by atoms with Gasteiger partial charge in [-0.05, 0) is 0 Å². The highest BCUT2D eigenvalue weighted by Gasteiger charge is 2.46. The van der Waals surface area contributed by atoms with Gasteiger partial charge in [0.25, 0.3) is 0 Å². The molecule has 0 amide bonds. The highest BCUT2D eigenvalue weighted by molar-refractivity contribution is 6.66. The van der Waals surface area contributed by atoms with E-state index in [1.54, 1.807) is 0 Å². The van der Waals surface area contributed by atoms with E-state index in [0.29, 0.717) is 0 Å². The van der Waals surface area contributed by atoms with Crippen molar-refractivity contribution in [3.63, 3.8) is 0 Å². The molecule has 0 saturated carbocycles. The summed E-state index contributed by atoms with van der Waals surface area (Å²) in [5.74, 6) is -92.0. The van der Waals surface area contributed by atoms with Gasteiger partial charge in [-0.15, -0.1) is 0 Å². The summed E-state index contributed by atoms with van der Waals surface area (Å²) in [6.07, 6.45) is 0. The number of halogens is 27. The lowest BCUT2D eigenvalue weighted by atomic mass is 9.73. The zero-order valence-electron chi connectivity index (χ0n) is 32.6. The largest absolute Gasteiger partial charge is 0.636 e. The smallest absolute Gasteiger partial charge is 0.519 e. The van der Waals surface area contributed by atoms with Crippen LogP contribution in [0.25, 0.3) is 65.0 Å². The van der Waals surface area contributed by atoms with Gasteiger partial charge in [0, 0.05) is 16.2 Å². The number of hydrogen-bond donors (Lipinski definition) is 0. The highest BCUT2D eigenvalue weighted by atomic mass is 19.2. The molecule has 0 fully saturated rings. The normalized spacial score (nSPS) is 12.1. The van der Waals surface area contributed by atoms with Gasteiger partial charge in [-0.25, -0.2) is 110 Å². The molecule has 0 unspecified atom stereocenters. The molecule has 2 nitrogen and oxygen atoms in total. The second kappa shape index (κ2) is 16.2. The molecule has 0 aliphatic carbocycles. The van der Waals surface area contributed by atoms with Crippen molar-refractivity contribution in [2.45, 2.75) is 0 Å². The topological polar surface area (TPSA) is 18.5 Å². The predicted octanol–water partition coefficient (Wildman–Crippen LogP) is 14.2. The van der Waals surface area contributed by atoms with Crippen molar-refractivity contribution in [1.29, 1.82) is 0 Å². The van der Waals surface area contributed by atoms with Crippen molar-refractivity contribution in [3.05, 3.63) is 157 Å². The molecule has 0 aliphatic heterocycles. The number of benzene rings is 9. The Bertz CT molecular complexity index is 3980. The van der Waals surface area contributed by atoms with E-state index in [-0.39, 0.29) is 0 Å². The van der Waals surface area contributed by atoms with E-state index in [4.69, 9.17) is 4.65 Å². The SMILES string of the molecule is Fc1c(F)c(F)c(-c2c(F)c(F)c(F)c(F)c2OB(Oc2c(F)c(F)c3c(F)c(F)c4c(F)c(F)c(F)c5c(F)c(F)c2c3c45)c2c(F)c(F)c(F)c3c(F)c4c(F)c(F)c(F)c(F)c4c(F)c23)c(F)c1F. The average Bonchev–Trinajstić information content (AvgIpc) is 3.34. The molecule has 72 heavy (non-hydrogen) atoms. The van der Waals surface area contributed by atoms with Crippen LogP contribution in [-0.2, 0) is 0 Å². The first kappa shape index (κ1) is 49.3. The first-order valence-electron chi connectivity index (χ1n) is 18.3. The Hall–Kier alpha value is -7.69. The Labute approximate surface area is 374 Å². The van der Waals surface area contributed by atoms with Gasteiger partial charge in [0.2, 0.25) is 17.5 Å². The van der Waals surface area contributed by atoms with Gasteiger partial charge in [0.1, 0.15) is 11.6 Å². The number of rotatable bonds is 6. The lowest BCUT2D eigenvalue weighted by molar-refractivity contribution is 0.361. The second-order valence-corrected chi connectivity index (χ2v) is 14.6. The minimum absolute atomic E-state index is 2.08. The summed E-state index contributed by atoms with van der Waals surface area (Å²) in [6.45, 7) is 0. The summed E-state index contributed by atoms with van der Waals surface area (Å²) in [4.78, 5) is 0. The Balaban J connectivity index is 1.52. The Kier molecular flexibility index (Phi) is 11.1. The molecule has 0 radical (unpaired) electrons. The summed E-state index contributed by atoms with van der Waals surface area (Å²) in [6, 6.07) is 0. The van der Waals surface area contributed by atoms with Gasteiger partial charge >= 0.3 is 7.12 Å². The van der Waals surface area contributed by atoms with E-state index >= 15 is 83.4 Å². The van der Waals surface area contributed by atoms with Crippen molar-refractivity contribution in [1.82, 2.24) is 0 Å². The molecular weight excluding hydrogens is 1060 g/mol. The fourth-order valence-electron chi connectivity index (χ4n) is 7.96. The third-order valence-corrected chi connectivity index (χ3v) is 11.1. The molecule has 0 atom stereocenters. The fraction of sp³-hybridized carbons (Fsp3) is 0. The zero-order valence-corrected chi connectivity index (χ0v) is 32.6. The number of hydrogen-bond acceptors (Lipinski definition) is 2. The summed E-state index contributed by atoms with van der Waals surface area (Å²) in [5.41, 5.74) is -9.07. The quantitative estimate of drug-likeness (QED) is 0.0413. The maximum absolute atomic E-state index is 16.7. The Morgan fingerprint density at radius 2 is 0.403 bits per heavy atom. The van der Waals surface area contributed by atoms with Crippen LogP contribution in [0.1, 0.15) is 0 Å². The molecule has 0 heterocycles. The molecule has 0 bridgehead atoms. The van der Waals surface area contributed by atoms with Crippen molar-refractivity contribution >= 4 is 66.4 Å². The van der Waals surface area contributed by atoms with Crippen LogP contribution in [0.4, 0.5) is 119 Å². The van der Waals surface area contributed by atoms with Gasteiger partial charge in [-0.3, -0.25) is 0 Å². The van der Waals surface area contributed by atoms with E-state index in [2.05, 4.69) is 4.65 Å². The molecule has 9 aromatic rings. The molecule has 372 valence electrons. The molecule has 0 saturated heterocycles. The molecule has 0 spiro atoms. The summed E-state index contributed by atoms with van der Waals surface area (Å²) < 4.78 is 425. The second-order valence-electron chi connectivity index (χ2n) is 14.6. The fourth-order valence-corrected chi connectivity index (χ4v) is 7.96. The van der Waals surface area contributed by atoms with Crippen molar-refractivity contribution in [3.8, 4) is 22.6 Å². The van der Waals surface area contributed by atoms with Crippen LogP contribution in [0.5, 0.6) is 11.5 Å². The lowest BCUT2D eigenvalue weighted by Crippen LogP contribution is -2.47. The van der Waals surface area contributed by atoms with Crippen molar-refractivity contribution in [2.24, 2.45) is 0 Å². The molecule has 9 rings (SSSR count). The van der Waals surface area contributed by atoms with Crippen molar-refractivity contribution in [2.75, 3.05) is 0 Å². The predicted molar refractivity (Wildman–Crippen MR) is 189 cm³/mol. The maximum Gasteiger partial charge on any atom is 0.636 e. The van der Waals surface area contributed by atoms with Crippen LogP contribution in [0.2, 0.25) is 0 Å². The first-order chi connectivity index (χ1) is 33.6. The summed E-state index contributed by atoms with van der Waals surface area (Å²) in [5, 5.41) is -24.7. The molecule has 30 heteroatoms. The van der Waals surface area contributed by atoms with Gasteiger partial charge in [0.15, 0.2) is 139 Å². The number of fused-ring (bicyclic) bond motifs is 2. The summed E-state index contributed by atoms with van der Waals surface area (Å²) in [7, 11) is -4.67. The highest BCUT2D eigenvalue weighted by Crippen LogP contribution is 2.50. The zero-order chi connectivity index (χ0) is 53.2. The van der Waals surface area contributed by atoms with Gasteiger partial charge in [0.05, 0.1) is 54.3 Å². The molecule has 0 N–H and O–H groups in total. The van der Waals surface area contributed by atoms with Crippen LogP contribution in [0.3, 0.4) is 0 Å². The third-order valence-electron chi connectivity index (χ3n) is 11.1. The average molecular weight is 1060 g/mol. The molecule has 0 aromatic heterocycles. The van der Waals surface area contributed by atoms with Crippen LogP contribution in [0.15, 0.2) is 0 Å². The standard InChI is InChI=1S/C42BF27O2/c44-14-3-7(15(45)9-8(14)22(52)32(62)33(63)23(9)53)21(51)31(61)29(59)13(3)43(72-42-12(28(58)36(66)38(68)40(42)70)10-24(54)34(64)37(67)35(65)25(10)55)71-41-11-2-1-4(16(46)17(47)6(2)26(56)39(41)69)19(49)30(60)20(50)5(1)18(48)27(11)57. The minimum Gasteiger partial charge on any atom is -0.519 e. The molecule has 0 aliphatic rings. The third kappa shape index (κ3) is 6.08. The maximum atomic E-state index is 16.7. The molecular formula is C42BF27O2. The van der Waals surface area contributed by atoms with Gasteiger partial charge in [-0.1, -0.05) is 0 Å². The monoisotopic (exact) mass is 1060 g/mol. The van der Waals surface area contributed by atoms with E-state index in [1.165, 1.54) is 0 Å². The van der Waals surface area contributed by atoms with Crippen LogP contribution in [0, 0.1) is 157 Å². The van der Waals surface area contributed by atoms with E-state index in [0.717, 1.165) is 0 Å². The van der Waals surface area contributed by atoms with Gasteiger partial charge < -0.3 is 9.31 Å². The van der Waals surface area contributed by atoms with Crippen LogP contribution < -0.4 is 14.8 Å². The van der Waals surface area contributed by atoms with E-state index in [1.807, 2.05) is 0 Å². The lowest BCUT2D eigenvalue weighted by Gasteiger charge is -2.25. The van der Waals surface area contributed by atoms with Crippen LogP contribution >= 0.6 is 0 Å². The Morgan fingerprint density at radius 3 is 0.847 bits per heavy atom. The minimum atomic E-state index is -4.67. The first-order valence-corrected chi connectivity index (χ1v) is 18.3. The van der Waals surface area contributed by atoms with E-state index < -0.39 is 246 Å². The Morgan fingerprint density at radius 1 is 0.167 bits per heavy atom. The molecule has 9 aromatic carbocycles. The summed E-state index contributed by atoms with van der Waals surface area (Å²) >= 11 is 0. The van der Waals surface area contributed by atoms with Crippen molar-refractivity contribution < 1.29 is 128 Å².